The third-order valence-corrected chi connectivity index (χ3v) is 5.72. The minimum absolute atomic E-state index is 0.0495. The predicted molar refractivity (Wildman–Crippen MR) is 104 cm³/mol. The summed E-state index contributed by atoms with van der Waals surface area (Å²) in [7, 11) is 0. The molecule has 5 nitrogen and oxygen atoms in total. The van der Waals surface area contributed by atoms with Crippen molar-refractivity contribution in [2.75, 3.05) is 45.8 Å². The predicted octanol–water partition coefficient (Wildman–Crippen LogP) is 2.77. The van der Waals surface area contributed by atoms with E-state index in [0.717, 1.165) is 44.6 Å². The van der Waals surface area contributed by atoms with Gasteiger partial charge in [-0.1, -0.05) is 35.3 Å². The van der Waals surface area contributed by atoms with Crippen molar-refractivity contribution in [3.05, 3.63) is 39.9 Å². The second-order valence-electron chi connectivity index (χ2n) is 6.67. The maximum atomic E-state index is 12.4. The molecular formula is C19H23Cl2N3O2. The number of likely N-dealkylation sites (tertiary alicyclic amines) is 1. The molecule has 2 aliphatic heterocycles. The van der Waals surface area contributed by atoms with E-state index in [0.29, 0.717) is 29.7 Å². The van der Waals surface area contributed by atoms with Crippen molar-refractivity contribution in [2.45, 2.75) is 12.8 Å². The summed E-state index contributed by atoms with van der Waals surface area (Å²) in [6.07, 6.45) is 5.44. The van der Waals surface area contributed by atoms with Gasteiger partial charge in [0.1, 0.15) is 0 Å². The Hall–Kier alpha value is -1.56. The highest BCUT2D eigenvalue weighted by Crippen LogP contribution is 2.26. The molecule has 0 spiro atoms. The molecule has 0 unspecified atom stereocenters. The number of piperazine rings is 1. The maximum absolute atomic E-state index is 12.4. The lowest BCUT2D eigenvalue weighted by Crippen LogP contribution is -2.51. The number of nitrogens with zero attached hydrogens (tertiary/aromatic N) is 3. The first-order valence-corrected chi connectivity index (χ1v) is 9.71. The monoisotopic (exact) mass is 395 g/mol. The second kappa shape index (κ2) is 8.89. The average molecular weight is 396 g/mol. The molecule has 140 valence electrons. The number of halogens is 2. The van der Waals surface area contributed by atoms with Gasteiger partial charge in [-0.05, 0) is 30.5 Å². The van der Waals surface area contributed by atoms with Gasteiger partial charge in [0, 0.05) is 45.3 Å². The van der Waals surface area contributed by atoms with Gasteiger partial charge in [-0.25, -0.2) is 0 Å². The van der Waals surface area contributed by atoms with Crippen molar-refractivity contribution in [2.24, 2.45) is 0 Å². The van der Waals surface area contributed by atoms with Gasteiger partial charge in [-0.2, -0.15) is 0 Å². The number of amides is 2. The van der Waals surface area contributed by atoms with Crippen LogP contribution in [0.4, 0.5) is 0 Å². The Morgan fingerprint density at radius 1 is 0.962 bits per heavy atom. The van der Waals surface area contributed by atoms with Crippen molar-refractivity contribution >= 4 is 41.1 Å². The molecule has 2 saturated heterocycles. The number of hydrogen-bond acceptors (Lipinski definition) is 3. The van der Waals surface area contributed by atoms with Crippen molar-refractivity contribution < 1.29 is 9.59 Å². The zero-order valence-corrected chi connectivity index (χ0v) is 16.2. The second-order valence-corrected chi connectivity index (χ2v) is 7.45. The Morgan fingerprint density at radius 3 is 2.35 bits per heavy atom. The minimum Gasteiger partial charge on any atom is -0.342 e. The van der Waals surface area contributed by atoms with Crippen LogP contribution in [-0.4, -0.2) is 72.3 Å². The first-order valence-electron chi connectivity index (χ1n) is 8.96. The summed E-state index contributed by atoms with van der Waals surface area (Å²) in [6, 6.07) is 5.33. The quantitative estimate of drug-likeness (QED) is 0.736. The van der Waals surface area contributed by atoms with Gasteiger partial charge in [-0.3, -0.25) is 14.5 Å². The Balaban J connectivity index is 1.48. The summed E-state index contributed by atoms with van der Waals surface area (Å²) < 4.78 is 0. The van der Waals surface area contributed by atoms with Crippen molar-refractivity contribution in [1.29, 1.82) is 0 Å². The lowest BCUT2D eigenvalue weighted by molar-refractivity contribution is -0.132. The van der Waals surface area contributed by atoms with Crippen LogP contribution >= 0.6 is 23.2 Å². The molecule has 0 atom stereocenters. The van der Waals surface area contributed by atoms with Crippen LogP contribution in [0.1, 0.15) is 18.4 Å². The molecule has 2 fully saturated rings. The average Bonchev–Trinajstić information content (AvgIpc) is 3.18. The lowest BCUT2D eigenvalue weighted by atomic mass is 10.2. The molecule has 1 aromatic rings. The van der Waals surface area contributed by atoms with Gasteiger partial charge >= 0.3 is 0 Å². The molecule has 0 bridgehead atoms. The molecule has 0 aromatic heterocycles. The molecule has 2 amide bonds. The van der Waals surface area contributed by atoms with Crippen molar-refractivity contribution in [1.82, 2.24) is 14.7 Å². The molecule has 7 heteroatoms. The first kappa shape index (κ1) is 19.2. The van der Waals surface area contributed by atoms with E-state index in [1.165, 1.54) is 6.08 Å². The Bertz CT molecular complexity index is 694. The van der Waals surface area contributed by atoms with E-state index in [1.807, 2.05) is 11.0 Å². The van der Waals surface area contributed by atoms with E-state index in [9.17, 15) is 9.59 Å². The molecule has 2 heterocycles. The van der Waals surface area contributed by atoms with Gasteiger partial charge in [0.25, 0.3) is 0 Å². The standard InChI is InChI=1S/C19H23Cl2N3O2/c20-16-5-3-4-15(19(16)21)6-7-17(25)24-12-10-22(11-13-24)14-18(26)23-8-1-2-9-23/h3-7H,1-2,8-14H2/b7-6+. The highest BCUT2D eigenvalue weighted by atomic mass is 35.5. The fraction of sp³-hybridized carbons (Fsp3) is 0.474. The van der Waals surface area contributed by atoms with E-state index in [-0.39, 0.29) is 11.8 Å². The van der Waals surface area contributed by atoms with Crippen LogP contribution in [0.2, 0.25) is 10.0 Å². The third-order valence-electron chi connectivity index (χ3n) is 4.89. The molecule has 0 N–H and O–H groups in total. The van der Waals surface area contributed by atoms with Crippen LogP contribution < -0.4 is 0 Å². The molecular weight excluding hydrogens is 373 g/mol. The van der Waals surface area contributed by atoms with Gasteiger partial charge in [-0.15, -0.1) is 0 Å². The fourth-order valence-corrected chi connectivity index (χ4v) is 3.67. The molecule has 0 aliphatic carbocycles. The summed E-state index contributed by atoms with van der Waals surface area (Å²) in [5.41, 5.74) is 0.724. The fourth-order valence-electron chi connectivity index (χ4n) is 3.30. The topological polar surface area (TPSA) is 43.9 Å². The van der Waals surface area contributed by atoms with E-state index in [1.54, 1.807) is 23.1 Å². The van der Waals surface area contributed by atoms with Crippen LogP contribution in [0.15, 0.2) is 24.3 Å². The highest BCUT2D eigenvalue weighted by molar-refractivity contribution is 6.42. The number of carbonyl (C=O) groups excluding carboxylic acids is 2. The summed E-state index contributed by atoms with van der Waals surface area (Å²) in [4.78, 5) is 30.5. The van der Waals surface area contributed by atoms with Crippen LogP contribution in [0.25, 0.3) is 6.08 Å². The minimum atomic E-state index is -0.0495. The number of hydrogen-bond donors (Lipinski definition) is 0. The normalized spacial score (nSPS) is 18.7. The molecule has 3 rings (SSSR count). The Labute approximate surface area is 164 Å². The van der Waals surface area contributed by atoms with Crippen LogP contribution in [0.5, 0.6) is 0 Å². The van der Waals surface area contributed by atoms with E-state index < -0.39 is 0 Å². The summed E-state index contributed by atoms with van der Waals surface area (Å²) in [5, 5.41) is 0.918. The van der Waals surface area contributed by atoms with Crippen LogP contribution in [0, 0.1) is 0 Å². The van der Waals surface area contributed by atoms with Gasteiger partial charge in [0.15, 0.2) is 0 Å². The van der Waals surface area contributed by atoms with Crippen LogP contribution in [-0.2, 0) is 9.59 Å². The van der Waals surface area contributed by atoms with Gasteiger partial charge in [0.05, 0.1) is 16.6 Å². The highest BCUT2D eigenvalue weighted by Gasteiger charge is 2.24. The molecule has 26 heavy (non-hydrogen) atoms. The Morgan fingerprint density at radius 2 is 1.65 bits per heavy atom. The zero-order valence-electron chi connectivity index (χ0n) is 14.7. The molecule has 2 aliphatic rings. The summed E-state index contributed by atoms with van der Waals surface area (Å²) in [6.45, 7) is 4.91. The number of benzene rings is 1. The Kier molecular flexibility index (Phi) is 6.57. The van der Waals surface area contributed by atoms with Gasteiger partial charge in [0.2, 0.25) is 11.8 Å². The van der Waals surface area contributed by atoms with Crippen molar-refractivity contribution in [3.63, 3.8) is 0 Å². The van der Waals surface area contributed by atoms with E-state index >= 15 is 0 Å². The maximum Gasteiger partial charge on any atom is 0.246 e. The molecule has 1 aromatic carbocycles. The molecule has 0 radical (unpaired) electrons. The zero-order chi connectivity index (χ0) is 18.5. The first-order chi connectivity index (χ1) is 12.5. The van der Waals surface area contributed by atoms with Crippen LogP contribution in [0.3, 0.4) is 0 Å². The lowest BCUT2D eigenvalue weighted by Gasteiger charge is -2.34. The summed E-state index contributed by atoms with van der Waals surface area (Å²) in [5.74, 6) is 0.157. The van der Waals surface area contributed by atoms with Crippen molar-refractivity contribution in [3.8, 4) is 0 Å². The van der Waals surface area contributed by atoms with Gasteiger partial charge < -0.3 is 9.80 Å². The van der Waals surface area contributed by atoms with E-state index in [2.05, 4.69) is 4.90 Å². The smallest absolute Gasteiger partial charge is 0.246 e. The SMILES string of the molecule is O=C(/C=C/c1cccc(Cl)c1Cl)N1CCN(CC(=O)N2CCCC2)CC1. The third kappa shape index (κ3) is 4.78. The summed E-state index contributed by atoms with van der Waals surface area (Å²) >= 11 is 12.1. The number of carbonyl (C=O) groups is 2. The molecule has 0 saturated carbocycles. The van der Waals surface area contributed by atoms with E-state index in [4.69, 9.17) is 23.2 Å². The largest absolute Gasteiger partial charge is 0.342 e. The number of rotatable bonds is 4.